The summed E-state index contributed by atoms with van der Waals surface area (Å²) in [6, 6.07) is 10.6. The first-order valence-corrected chi connectivity index (χ1v) is 8.24. The molecule has 9 heteroatoms. The quantitative estimate of drug-likeness (QED) is 0.612. The van der Waals surface area contributed by atoms with Crippen molar-refractivity contribution in [3.05, 3.63) is 78.3 Å². The Labute approximate surface area is 156 Å². The van der Waals surface area contributed by atoms with Gasteiger partial charge in [-0.25, -0.2) is 4.39 Å². The van der Waals surface area contributed by atoms with Crippen LogP contribution < -0.4 is 0 Å². The van der Waals surface area contributed by atoms with E-state index < -0.39 is 18.2 Å². The summed E-state index contributed by atoms with van der Waals surface area (Å²) in [6.07, 6.45) is -2.81. The fourth-order valence-corrected chi connectivity index (χ4v) is 2.99. The number of hydrogen-bond acceptors (Lipinski definition) is 5. The van der Waals surface area contributed by atoms with Crippen LogP contribution in [-0.4, -0.2) is 28.1 Å². The lowest BCUT2D eigenvalue weighted by atomic mass is 10.0. The van der Waals surface area contributed by atoms with Gasteiger partial charge >= 0.3 is 6.18 Å². The Balaban J connectivity index is 1.74. The number of benzene rings is 1. The van der Waals surface area contributed by atoms with Gasteiger partial charge in [-0.15, -0.1) is 0 Å². The second-order valence-corrected chi connectivity index (χ2v) is 6.03. The molecule has 4 rings (SSSR count). The van der Waals surface area contributed by atoms with Crippen LogP contribution in [-0.2, 0) is 11.4 Å². The highest BCUT2D eigenvalue weighted by molar-refractivity contribution is 5.96. The van der Waals surface area contributed by atoms with Gasteiger partial charge in [-0.2, -0.15) is 13.2 Å². The predicted molar refractivity (Wildman–Crippen MR) is 91.3 cm³/mol. The van der Waals surface area contributed by atoms with Crippen molar-refractivity contribution in [2.75, 3.05) is 0 Å². The molecule has 0 saturated carbocycles. The standard InChI is InChI=1S/C19H13F4N3O2/c20-15-5-2-1-4-14(15)13-7-8-24-10-12(13)11-26-17(16-6-3-9-27-16)25-28-18(26)19(21,22)23/h1-10,18H,11H2. The summed E-state index contributed by atoms with van der Waals surface area (Å²) in [7, 11) is 0. The third kappa shape index (κ3) is 3.30. The molecule has 1 aliphatic rings. The maximum absolute atomic E-state index is 14.3. The van der Waals surface area contributed by atoms with E-state index in [4.69, 9.17) is 4.42 Å². The number of hydrogen-bond donors (Lipinski definition) is 0. The average molecular weight is 391 g/mol. The maximum atomic E-state index is 14.3. The summed E-state index contributed by atoms with van der Waals surface area (Å²) < 4.78 is 59.9. The molecule has 0 bridgehead atoms. The van der Waals surface area contributed by atoms with Crippen molar-refractivity contribution in [3.8, 4) is 11.1 Å². The average Bonchev–Trinajstić information content (AvgIpc) is 3.32. The summed E-state index contributed by atoms with van der Waals surface area (Å²) >= 11 is 0. The molecule has 0 saturated heterocycles. The second-order valence-electron chi connectivity index (χ2n) is 6.03. The van der Waals surface area contributed by atoms with E-state index in [1.807, 2.05) is 0 Å². The minimum absolute atomic E-state index is 0.101. The second kappa shape index (κ2) is 6.99. The highest BCUT2D eigenvalue weighted by Crippen LogP contribution is 2.34. The number of nitrogens with zero attached hydrogens (tertiary/aromatic N) is 3. The number of furan rings is 1. The number of rotatable bonds is 4. The Morgan fingerprint density at radius 1 is 1.04 bits per heavy atom. The van der Waals surface area contributed by atoms with Gasteiger partial charge in [0.05, 0.1) is 12.8 Å². The molecule has 1 atom stereocenters. The Morgan fingerprint density at radius 3 is 2.57 bits per heavy atom. The van der Waals surface area contributed by atoms with Gasteiger partial charge in [-0.3, -0.25) is 4.98 Å². The third-order valence-electron chi connectivity index (χ3n) is 4.22. The number of alkyl halides is 3. The van der Waals surface area contributed by atoms with Crippen LogP contribution in [0.2, 0.25) is 0 Å². The smallest absolute Gasteiger partial charge is 0.448 e. The van der Waals surface area contributed by atoms with Gasteiger partial charge in [0.25, 0.3) is 6.23 Å². The minimum atomic E-state index is -4.70. The van der Waals surface area contributed by atoms with Crippen molar-refractivity contribution >= 4 is 5.84 Å². The maximum Gasteiger partial charge on any atom is 0.448 e. The van der Waals surface area contributed by atoms with Crippen LogP contribution in [0.15, 0.2) is 70.7 Å². The molecule has 3 aromatic rings. The fraction of sp³-hybridized carbons (Fsp3) is 0.158. The zero-order valence-corrected chi connectivity index (χ0v) is 14.2. The Bertz CT molecular complexity index is 1000. The van der Waals surface area contributed by atoms with Crippen molar-refractivity contribution < 1.29 is 26.8 Å². The van der Waals surface area contributed by atoms with E-state index in [0.717, 1.165) is 4.90 Å². The van der Waals surface area contributed by atoms with E-state index in [9.17, 15) is 17.6 Å². The topological polar surface area (TPSA) is 50.9 Å². The number of aromatic nitrogens is 1. The molecule has 0 aliphatic carbocycles. The van der Waals surface area contributed by atoms with Crippen LogP contribution >= 0.6 is 0 Å². The van der Waals surface area contributed by atoms with E-state index in [0.29, 0.717) is 11.1 Å². The van der Waals surface area contributed by atoms with Gasteiger partial charge in [0.2, 0.25) is 5.84 Å². The minimum Gasteiger partial charge on any atom is -0.461 e. The largest absolute Gasteiger partial charge is 0.461 e. The highest BCUT2D eigenvalue weighted by Gasteiger charge is 2.51. The van der Waals surface area contributed by atoms with Gasteiger partial charge in [-0.1, -0.05) is 23.4 Å². The van der Waals surface area contributed by atoms with E-state index in [1.165, 1.54) is 42.9 Å². The summed E-state index contributed by atoms with van der Waals surface area (Å²) in [6.45, 7) is -0.263. The lowest BCUT2D eigenvalue weighted by Crippen LogP contribution is -2.45. The molecule has 0 amide bonds. The molecule has 1 aromatic carbocycles. The number of halogens is 4. The van der Waals surface area contributed by atoms with Crippen molar-refractivity contribution in [2.24, 2.45) is 5.16 Å². The van der Waals surface area contributed by atoms with E-state index in [-0.39, 0.29) is 23.7 Å². The van der Waals surface area contributed by atoms with Crippen molar-refractivity contribution in [1.82, 2.24) is 9.88 Å². The number of pyridine rings is 1. The first-order valence-electron chi connectivity index (χ1n) is 8.24. The Kier molecular flexibility index (Phi) is 4.50. The molecule has 0 spiro atoms. The molecule has 0 N–H and O–H groups in total. The molecule has 1 aliphatic heterocycles. The molecular weight excluding hydrogens is 378 g/mol. The monoisotopic (exact) mass is 391 g/mol. The third-order valence-corrected chi connectivity index (χ3v) is 4.22. The van der Waals surface area contributed by atoms with Crippen LogP contribution in [0.4, 0.5) is 17.6 Å². The van der Waals surface area contributed by atoms with Gasteiger partial charge in [-0.05, 0) is 35.4 Å². The fourth-order valence-electron chi connectivity index (χ4n) is 2.99. The van der Waals surface area contributed by atoms with Gasteiger partial charge < -0.3 is 14.2 Å². The zero-order valence-electron chi connectivity index (χ0n) is 14.2. The predicted octanol–water partition coefficient (Wildman–Crippen LogP) is 4.56. The number of oxime groups is 1. The Morgan fingerprint density at radius 2 is 1.86 bits per heavy atom. The van der Waals surface area contributed by atoms with Crippen molar-refractivity contribution in [1.29, 1.82) is 0 Å². The molecule has 3 heterocycles. The zero-order chi connectivity index (χ0) is 19.7. The molecule has 28 heavy (non-hydrogen) atoms. The van der Waals surface area contributed by atoms with Crippen LogP contribution in [0.25, 0.3) is 11.1 Å². The molecule has 0 fully saturated rings. The Hall–Kier alpha value is -3.36. The molecule has 0 radical (unpaired) electrons. The number of amidine groups is 1. The molecule has 144 valence electrons. The van der Waals surface area contributed by atoms with Crippen molar-refractivity contribution in [3.63, 3.8) is 0 Å². The highest BCUT2D eigenvalue weighted by atomic mass is 19.4. The normalized spacial score (nSPS) is 16.8. The van der Waals surface area contributed by atoms with Crippen LogP contribution in [0, 0.1) is 5.82 Å². The first kappa shape index (κ1) is 18.0. The van der Waals surface area contributed by atoms with Gasteiger partial charge in [0.15, 0.2) is 5.76 Å². The van der Waals surface area contributed by atoms with Gasteiger partial charge in [0.1, 0.15) is 5.82 Å². The summed E-state index contributed by atoms with van der Waals surface area (Å²) in [5, 5.41) is 3.56. The lowest BCUT2D eigenvalue weighted by molar-refractivity contribution is -0.245. The van der Waals surface area contributed by atoms with Crippen LogP contribution in [0.5, 0.6) is 0 Å². The van der Waals surface area contributed by atoms with E-state index in [2.05, 4.69) is 15.0 Å². The molecule has 2 aromatic heterocycles. The molecule has 5 nitrogen and oxygen atoms in total. The van der Waals surface area contributed by atoms with Crippen LogP contribution in [0.1, 0.15) is 11.3 Å². The van der Waals surface area contributed by atoms with Crippen LogP contribution in [0.3, 0.4) is 0 Å². The van der Waals surface area contributed by atoms with Gasteiger partial charge in [0, 0.05) is 18.0 Å². The van der Waals surface area contributed by atoms with E-state index >= 15 is 0 Å². The molecule has 1 unspecified atom stereocenters. The SMILES string of the molecule is Fc1ccccc1-c1ccncc1CN1C(c2ccco2)=NOC1C(F)(F)F. The van der Waals surface area contributed by atoms with E-state index in [1.54, 1.807) is 18.2 Å². The summed E-state index contributed by atoms with van der Waals surface area (Å²) in [5.41, 5.74) is 1.08. The summed E-state index contributed by atoms with van der Waals surface area (Å²) in [4.78, 5) is 9.54. The first-order chi connectivity index (χ1) is 13.4. The summed E-state index contributed by atoms with van der Waals surface area (Å²) in [5.74, 6) is -0.460. The van der Waals surface area contributed by atoms with Crippen molar-refractivity contribution in [2.45, 2.75) is 18.9 Å². The molecular formula is C19H13F4N3O2. The lowest BCUT2D eigenvalue weighted by Gasteiger charge is -2.26.